The van der Waals surface area contributed by atoms with E-state index in [2.05, 4.69) is 4.98 Å². The fourth-order valence-electron chi connectivity index (χ4n) is 2.88. The topological polar surface area (TPSA) is 97.1 Å². The Kier molecular flexibility index (Phi) is 3.80. The Bertz CT molecular complexity index is 1240. The second kappa shape index (κ2) is 6.02. The van der Waals surface area contributed by atoms with E-state index in [0.29, 0.717) is 10.2 Å². The van der Waals surface area contributed by atoms with Crippen LogP contribution in [0, 0.1) is 18.3 Å². The van der Waals surface area contributed by atoms with Crippen molar-refractivity contribution >= 4 is 32.9 Å². The summed E-state index contributed by atoms with van der Waals surface area (Å²) in [7, 11) is 0. The van der Waals surface area contributed by atoms with E-state index in [1.54, 1.807) is 29.5 Å². The fraction of sp³-hybridized carbons (Fsp3) is 0.0526. The zero-order chi connectivity index (χ0) is 18.4. The van der Waals surface area contributed by atoms with Crippen LogP contribution in [0.5, 0.6) is 11.5 Å². The van der Waals surface area contributed by atoms with Gasteiger partial charge in [0.15, 0.2) is 5.56 Å². The van der Waals surface area contributed by atoms with Crippen molar-refractivity contribution in [1.82, 2.24) is 4.98 Å². The molecule has 0 bridgehead atoms. The van der Waals surface area contributed by atoms with Crippen molar-refractivity contribution in [1.29, 1.82) is 5.26 Å². The lowest BCUT2D eigenvalue weighted by molar-refractivity contribution is 0.475. The van der Waals surface area contributed by atoms with E-state index in [-0.39, 0.29) is 17.1 Å². The number of rotatable bonds is 2. The van der Waals surface area contributed by atoms with Gasteiger partial charge in [-0.2, -0.15) is 5.26 Å². The molecule has 7 heteroatoms. The van der Waals surface area contributed by atoms with Crippen molar-refractivity contribution in [3.63, 3.8) is 0 Å². The number of nitriles is 1. The van der Waals surface area contributed by atoms with E-state index < -0.39 is 5.56 Å². The molecule has 5 nitrogen and oxygen atoms in total. The number of aromatic amines is 1. The first-order chi connectivity index (χ1) is 12.5. The molecule has 0 amide bonds. The van der Waals surface area contributed by atoms with Gasteiger partial charge in [0, 0.05) is 20.7 Å². The minimum atomic E-state index is -0.585. The van der Waals surface area contributed by atoms with Crippen LogP contribution in [0.2, 0.25) is 0 Å². The smallest absolute Gasteiger partial charge is 0.270 e. The molecule has 0 saturated carbocycles. The summed E-state index contributed by atoms with van der Waals surface area (Å²) in [5.41, 5.74) is 1.99. The number of nitrogens with one attached hydrogen (secondary N) is 1. The number of hydrogen-bond donors (Lipinski definition) is 3. The van der Waals surface area contributed by atoms with E-state index in [1.165, 1.54) is 11.3 Å². The van der Waals surface area contributed by atoms with E-state index in [9.17, 15) is 15.0 Å². The molecule has 0 fully saturated rings. The average Bonchev–Trinajstić information content (AvgIpc) is 3.19. The van der Waals surface area contributed by atoms with Gasteiger partial charge in [0.1, 0.15) is 22.4 Å². The number of aryl methyl sites for hydroxylation is 1. The quantitative estimate of drug-likeness (QED) is 0.474. The third kappa shape index (κ3) is 2.47. The van der Waals surface area contributed by atoms with Crippen LogP contribution in [0.25, 0.3) is 31.1 Å². The fourth-order valence-corrected chi connectivity index (χ4v) is 5.11. The summed E-state index contributed by atoms with van der Waals surface area (Å²) >= 11 is 2.87. The van der Waals surface area contributed by atoms with Crippen molar-refractivity contribution in [3.05, 3.63) is 57.2 Å². The Morgan fingerprint density at radius 1 is 1.19 bits per heavy atom. The molecule has 128 valence electrons. The maximum atomic E-state index is 11.9. The predicted octanol–water partition coefficient (Wildman–Crippen LogP) is 4.58. The van der Waals surface area contributed by atoms with Crippen molar-refractivity contribution in [2.45, 2.75) is 6.92 Å². The number of thiophene rings is 2. The number of H-pyrrole nitrogens is 1. The Hall–Kier alpha value is -3.08. The Labute approximate surface area is 156 Å². The number of hydrogen-bond acceptors (Lipinski definition) is 6. The molecule has 0 saturated heterocycles. The second-order valence-electron chi connectivity index (χ2n) is 5.81. The monoisotopic (exact) mass is 380 g/mol. The standard InChI is InChI=1S/C19H12N2O3S2/c1-9-6-14(26-17(9)10-2-4-11(22)5-3-10)13-8-25-19-15(13)16(23)12(7-20)18(24)21-19/h2-6,8,22H,1H3,(H2,21,23,24). The maximum absolute atomic E-state index is 11.9. The predicted molar refractivity (Wildman–Crippen MR) is 104 cm³/mol. The highest BCUT2D eigenvalue weighted by atomic mass is 32.1. The third-order valence-electron chi connectivity index (χ3n) is 4.14. The molecule has 0 aliphatic heterocycles. The number of fused-ring (bicyclic) bond motifs is 1. The van der Waals surface area contributed by atoms with Crippen LogP contribution in [-0.2, 0) is 0 Å². The summed E-state index contributed by atoms with van der Waals surface area (Å²) in [6.07, 6.45) is 0. The van der Waals surface area contributed by atoms with Gasteiger partial charge in [-0.1, -0.05) is 0 Å². The summed E-state index contributed by atoms with van der Waals surface area (Å²) in [5.74, 6) is -0.0651. The van der Waals surface area contributed by atoms with E-state index >= 15 is 0 Å². The van der Waals surface area contributed by atoms with Gasteiger partial charge in [0.25, 0.3) is 5.56 Å². The second-order valence-corrected chi connectivity index (χ2v) is 7.74. The number of nitrogens with zero attached hydrogens (tertiary/aromatic N) is 1. The van der Waals surface area contributed by atoms with Crippen LogP contribution in [0.3, 0.4) is 0 Å². The van der Waals surface area contributed by atoms with Crippen molar-refractivity contribution in [2.24, 2.45) is 0 Å². The van der Waals surface area contributed by atoms with Gasteiger partial charge in [-0.05, 0) is 48.4 Å². The number of aromatic nitrogens is 1. The highest BCUT2D eigenvalue weighted by Gasteiger charge is 2.19. The first kappa shape index (κ1) is 16.4. The molecule has 3 heterocycles. The molecule has 0 unspecified atom stereocenters. The van der Waals surface area contributed by atoms with Gasteiger partial charge < -0.3 is 15.2 Å². The SMILES string of the molecule is Cc1cc(-c2csc3[nH]c(=O)c(C#N)c(O)c23)sc1-c1ccc(O)cc1. The minimum absolute atomic E-state index is 0.213. The maximum Gasteiger partial charge on any atom is 0.270 e. The lowest BCUT2D eigenvalue weighted by Gasteiger charge is -2.01. The third-order valence-corrected chi connectivity index (χ3v) is 6.36. The highest BCUT2D eigenvalue weighted by Crippen LogP contribution is 2.44. The molecule has 3 aromatic heterocycles. The molecular weight excluding hydrogens is 368 g/mol. The van der Waals surface area contributed by atoms with Gasteiger partial charge in [-0.25, -0.2) is 0 Å². The Morgan fingerprint density at radius 2 is 1.92 bits per heavy atom. The van der Waals surface area contributed by atoms with E-state index in [1.807, 2.05) is 30.5 Å². The van der Waals surface area contributed by atoms with Crippen LogP contribution in [-0.4, -0.2) is 15.2 Å². The van der Waals surface area contributed by atoms with E-state index in [4.69, 9.17) is 5.26 Å². The highest BCUT2D eigenvalue weighted by molar-refractivity contribution is 7.21. The Morgan fingerprint density at radius 3 is 2.62 bits per heavy atom. The normalized spacial score (nSPS) is 10.9. The average molecular weight is 380 g/mol. The number of phenolic OH excluding ortho intramolecular Hbond substituents is 1. The minimum Gasteiger partial charge on any atom is -0.508 e. The van der Waals surface area contributed by atoms with Crippen LogP contribution in [0.4, 0.5) is 0 Å². The zero-order valence-corrected chi connectivity index (χ0v) is 15.2. The molecule has 26 heavy (non-hydrogen) atoms. The number of phenols is 1. The first-order valence-corrected chi connectivity index (χ1v) is 9.36. The molecule has 4 rings (SSSR count). The van der Waals surface area contributed by atoms with Crippen LogP contribution >= 0.6 is 22.7 Å². The molecule has 0 atom stereocenters. The summed E-state index contributed by atoms with van der Waals surface area (Å²) in [6, 6.07) is 10.8. The van der Waals surface area contributed by atoms with Gasteiger partial charge in [0.05, 0.1) is 5.39 Å². The van der Waals surface area contributed by atoms with Gasteiger partial charge in [0.2, 0.25) is 0 Å². The lowest BCUT2D eigenvalue weighted by atomic mass is 10.1. The molecule has 0 aliphatic rings. The molecule has 3 N–H and O–H groups in total. The van der Waals surface area contributed by atoms with Crippen LogP contribution in [0.1, 0.15) is 11.1 Å². The van der Waals surface area contributed by atoms with Gasteiger partial charge in [-0.3, -0.25) is 4.79 Å². The summed E-state index contributed by atoms with van der Waals surface area (Å²) in [4.78, 5) is 17.0. The van der Waals surface area contributed by atoms with Crippen molar-refractivity contribution < 1.29 is 10.2 Å². The zero-order valence-electron chi connectivity index (χ0n) is 13.5. The number of benzene rings is 1. The summed E-state index contributed by atoms with van der Waals surface area (Å²) in [6.45, 7) is 2.00. The van der Waals surface area contributed by atoms with Gasteiger partial charge >= 0.3 is 0 Å². The van der Waals surface area contributed by atoms with Crippen molar-refractivity contribution in [2.75, 3.05) is 0 Å². The molecule has 0 spiro atoms. The van der Waals surface area contributed by atoms with Gasteiger partial charge in [-0.15, -0.1) is 22.7 Å². The number of aromatic hydroxyl groups is 2. The molecule has 1 aromatic carbocycles. The molecule has 4 aromatic rings. The first-order valence-electron chi connectivity index (χ1n) is 7.66. The largest absolute Gasteiger partial charge is 0.508 e. The molecular formula is C19H12N2O3S2. The number of pyridine rings is 1. The van der Waals surface area contributed by atoms with Crippen LogP contribution in [0.15, 0.2) is 40.5 Å². The summed E-state index contributed by atoms with van der Waals surface area (Å²) in [5, 5.41) is 31.4. The van der Waals surface area contributed by atoms with E-state index in [0.717, 1.165) is 26.4 Å². The molecule has 0 aliphatic carbocycles. The van der Waals surface area contributed by atoms with Crippen LogP contribution < -0.4 is 5.56 Å². The molecule has 0 radical (unpaired) electrons. The summed E-state index contributed by atoms with van der Waals surface area (Å²) < 4.78 is 0. The Balaban J connectivity index is 1.92. The van der Waals surface area contributed by atoms with Crippen molar-refractivity contribution in [3.8, 4) is 38.4 Å². The lowest BCUT2D eigenvalue weighted by Crippen LogP contribution is -2.09.